The quantitative estimate of drug-likeness (QED) is 0.318. The number of ether oxygens (including phenoxy) is 2. The van der Waals surface area contributed by atoms with Gasteiger partial charge in [0.1, 0.15) is 6.29 Å². The average molecular weight is 314 g/mol. The van der Waals surface area contributed by atoms with E-state index in [0.717, 1.165) is 34.8 Å². The highest BCUT2D eigenvalue weighted by molar-refractivity contribution is 6.08. The Kier molecular flexibility index (Phi) is 15.7. The summed E-state index contributed by atoms with van der Waals surface area (Å²) in [6.45, 7) is 10.8. The zero-order chi connectivity index (χ0) is 15.9. The predicted octanol–water partition coefficient (Wildman–Crippen LogP) is 4.83. The maximum atomic E-state index is 6.05. The van der Waals surface area contributed by atoms with Gasteiger partial charge in [0, 0.05) is 0 Å². The van der Waals surface area contributed by atoms with Crippen LogP contribution in [0.4, 0.5) is 0 Å². The van der Waals surface area contributed by atoms with Crippen molar-refractivity contribution in [2.75, 3.05) is 13.2 Å². The Hall–Kier alpha value is 0.452. The molecule has 0 aliphatic rings. The molecular weight excluding hydrogens is 275 g/mol. The van der Waals surface area contributed by atoms with Crippen LogP contribution in [0.5, 0.6) is 0 Å². The smallest absolute Gasteiger partial charge is 0.219 e. The standard InChI is InChI=1S/C18H37O2.Al.2H/c1-6-10-12-17(8-3)14-19-16(5)20-15-18(9-4)13-11-7-2;;;/h16-18H,5-15H2,1-4H3;;;. The maximum Gasteiger partial charge on any atom is 0.219 e. The molecule has 2 nitrogen and oxygen atoms in total. The third-order valence-electron chi connectivity index (χ3n) is 4.46. The second-order valence-corrected chi connectivity index (χ2v) is 7.15. The van der Waals surface area contributed by atoms with E-state index in [1.54, 1.807) is 0 Å². The molecule has 0 fully saturated rings. The Morgan fingerprint density at radius 3 is 1.48 bits per heavy atom. The highest BCUT2D eigenvalue weighted by atomic mass is 27.0. The van der Waals surface area contributed by atoms with Crippen molar-refractivity contribution in [2.24, 2.45) is 11.8 Å². The molecule has 126 valence electrons. The molecule has 0 heterocycles. The van der Waals surface area contributed by atoms with Gasteiger partial charge in [0.2, 0.25) is 16.3 Å². The van der Waals surface area contributed by atoms with Crippen molar-refractivity contribution >= 4 is 16.3 Å². The minimum atomic E-state index is 0.0584. The van der Waals surface area contributed by atoms with Gasteiger partial charge in [-0.15, -0.1) is 0 Å². The molecule has 0 saturated heterocycles. The fourth-order valence-electron chi connectivity index (χ4n) is 2.57. The molecule has 21 heavy (non-hydrogen) atoms. The first-order valence-electron chi connectivity index (χ1n) is 9.44. The van der Waals surface area contributed by atoms with E-state index in [4.69, 9.17) is 9.47 Å². The molecule has 0 aliphatic heterocycles. The molecule has 0 aromatic carbocycles. The third-order valence-corrected chi connectivity index (χ3v) is 5.12. The number of hydrogen-bond donors (Lipinski definition) is 0. The van der Waals surface area contributed by atoms with E-state index in [2.05, 4.69) is 27.7 Å². The normalized spacial score (nSPS) is 15.8. The van der Waals surface area contributed by atoms with Gasteiger partial charge in [-0.2, -0.15) is 0 Å². The fraction of sp³-hybridized carbons (Fsp3) is 1.00. The highest BCUT2D eigenvalue weighted by Crippen LogP contribution is 2.17. The molecule has 0 N–H and O–H groups in total. The highest BCUT2D eigenvalue weighted by Gasteiger charge is 2.14. The van der Waals surface area contributed by atoms with Crippen LogP contribution in [0.15, 0.2) is 0 Å². The van der Waals surface area contributed by atoms with E-state index in [1.165, 1.54) is 51.4 Å². The molecule has 0 amide bonds. The Balaban J connectivity index is 3.96. The molecule has 2 unspecified atom stereocenters. The SMILES string of the molecule is CCCCC(CC)COC([CH2][AlH2])OCC(CC)CCCC. The Labute approximate surface area is 141 Å². The van der Waals surface area contributed by atoms with Crippen LogP contribution < -0.4 is 0 Å². The van der Waals surface area contributed by atoms with Gasteiger partial charge in [-0.1, -0.05) is 71.5 Å². The van der Waals surface area contributed by atoms with E-state index in [1.807, 2.05) is 0 Å². The summed E-state index contributed by atoms with van der Waals surface area (Å²) >= 11 is 1.15. The van der Waals surface area contributed by atoms with Crippen LogP contribution in [0.1, 0.15) is 79.1 Å². The monoisotopic (exact) mass is 314 g/mol. The first-order chi connectivity index (χ1) is 10.2. The number of unbranched alkanes of at least 4 members (excludes halogenated alkanes) is 2. The van der Waals surface area contributed by atoms with Crippen LogP contribution >= 0.6 is 0 Å². The van der Waals surface area contributed by atoms with Crippen LogP contribution in [-0.2, 0) is 9.47 Å². The Morgan fingerprint density at radius 2 is 1.19 bits per heavy atom. The van der Waals surface area contributed by atoms with Gasteiger partial charge in [0.25, 0.3) is 0 Å². The summed E-state index contributed by atoms with van der Waals surface area (Å²) < 4.78 is 12.1. The van der Waals surface area contributed by atoms with Crippen molar-refractivity contribution < 1.29 is 9.47 Å². The second-order valence-electron chi connectivity index (χ2n) is 6.34. The molecule has 0 rings (SSSR count). The number of rotatable bonds is 15. The summed E-state index contributed by atoms with van der Waals surface area (Å²) in [5.41, 5.74) is 0. The van der Waals surface area contributed by atoms with Crippen LogP contribution in [0.3, 0.4) is 0 Å². The van der Waals surface area contributed by atoms with Crippen molar-refractivity contribution in [3.63, 3.8) is 0 Å². The molecule has 0 bridgehead atoms. The molecule has 0 radical (unpaired) electrons. The van der Waals surface area contributed by atoms with Gasteiger partial charge in [0.05, 0.1) is 13.2 Å². The Morgan fingerprint density at radius 1 is 0.762 bits per heavy atom. The lowest BCUT2D eigenvalue weighted by Gasteiger charge is -2.23. The van der Waals surface area contributed by atoms with E-state index in [0.29, 0.717) is 11.8 Å². The summed E-state index contributed by atoms with van der Waals surface area (Å²) in [6.07, 6.45) is 10.3. The minimum Gasteiger partial charge on any atom is -0.354 e. The topological polar surface area (TPSA) is 18.5 Å². The van der Waals surface area contributed by atoms with E-state index in [9.17, 15) is 0 Å². The van der Waals surface area contributed by atoms with Crippen molar-refractivity contribution in [1.29, 1.82) is 0 Å². The van der Waals surface area contributed by atoms with Crippen molar-refractivity contribution in [1.82, 2.24) is 0 Å². The van der Waals surface area contributed by atoms with Crippen molar-refractivity contribution in [3.05, 3.63) is 0 Å². The van der Waals surface area contributed by atoms with Gasteiger partial charge in [0.15, 0.2) is 0 Å². The lowest BCUT2D eigenvalue weighted by atomic mass is 10.0. The molecule has 0 aliphatic carbocycles. The summed E-state index contributed by atoms with van der Waals surface area (Å²) in [5.74, 6) is 1.43. The predicted molar refractivity (Wildman–Crippen MR) is 95.7 cm³/mol. The van der Waals surface area contributed by atoms with E-state index in [-0.39, 0.29) is 6.29 Å². The summed E-state index contributed by atoms with van der Waals surface area (Å²) in [4.78, 5) is 0. The molecule has 3 heteroatoms. The summed E-state index contributed by atoms with van der Waals surface area (Å²) in [5, 5.41) is 1.09. The van der Waals surface area contributed by atoms with Crippen LogP contribution in [0.2, 0.25) is 5.28 Å². The van der Waals surface area contributed by atoms with Crippen molar-refractivity contribution in [3.8, 4) is 0 Å². The molecule has 2 atom stereocenters. The summed E-state index contributed by atoms with van der Waals surface area (Å²) in [7, 11) is 0. The maximum absolute atomic E-state index is 6.05. The number of hydrogen-bond acceptors (Lipinski definition) is 2. The average Bonchev–Trinajstić information content (AvgIpc) is 2.52. The molecule has 0 saturated carbocycles. The van der Waals surface area contributed by atoms with E-state index >= 15 is 0 Å². The molecule has 0 aromatic rings. The van der Waals surface area contributed by atoms with Crippen molar-refractivity contribution in [2.45, 2.75) is 90.6 Å². The minimum absolute atomic E-state index is 0.0584. The molecule has 0 spiro atoms. The molecule has 0 aromatic heterocycles. The lowest BCUT2D eigenvalue weighted by Crippen LogP contribution is -2.24. The van der Waals surface area contributed by atoms with Gasteiger partial charge >= 0.3 is 0 Å². The van der Waals surface area contributed by atoms with Gasteiger partial charge in [-0.05, 0) is 24.7 Å². The molecular formula is C18H39AlO2. The van der Waals surface area contributed by atoms with Gasteiger partial charge in [-0.25, -0.2) is 0 Å². The second kappa shape index (κ2) is 15.4. The van der Waals surface area contributed by atoms with Crippen LogP contribution in [-0.4, -0.2) is 35.8 Å². The zero-order valence-corrected chi connectivity index (χ0v) is 17.3. The van der Waals surface area contributed by atoms with Crippen LogP contribution in [0, 0.1) is 11.8 Å². The van der Waals surface area contributed by atoms with E-state index < -0.39 is 0 Å². The zero-order valence-electron chi connectivity index (χ0n) is 15.3. The first kappa shape index (κ1) is 21.5. The van der Waals surface area contributed by atoms with Gasteiger partial charge < -0.3 is 9.47 Å². The largest absolute Gasteiger partial charge is 0.354 e. The van der Waals surface area contributed by atoms with Gasteiger partial charge in [-0.3, -0.25) is 0 Å². The Bertz CT molecular complexity index is 191. The first-order valence-corrected chi connectivity index (χ1v) is 10.9. The lowest BCUT2D eigenvalue weighted by molar-refractivity contribution is -0.146. The third kappa shape index (κ3) is 11.6. The fourth-order valence-corrected chi connectivity index (χ4v) is 3.04. The van der Waals surface area contributed by atoms with Crippen LogP contribution in [0.25, 0.3) is 0 Å². The summed E-state index contributed by atoms with van der Waals surface area (Å²) in [6, 6.07) is 0.